The fourth-order valence-electron chi connectivity index (χ4n) is 2.66. The third kappa shape index (κ3) is 3.03. The molecule has 1 aromatic rings. The lowest BCUT2D eigenvalue weighted by Crippen LogP contribution is -2.48. The van der Waals surface area contributed by atoms with E-state index in [0.717, 1.165) is 0 Å². The number of carbonyl (C=O) groups is 1. The van der Waals surface area contributed by atoms with Crippen molar-refractivity contribution in [1.82, 2.24) is 4.31 Å². The number of nitrogens with zero attached hydrogens (tertiary/aromatic N) is 1. The molecule has 1 aromatic carbocycles. The molecule has 21 heavy (non-hydrogen) atoms. The van der Waals surface area contributed by atoms with Gasteiger partial charge >= 0.3 is 5.97 Å². The summed E-state index contributed by atoms with van der Waals surface area (Å²) in [5.74, 6) is -1.03. The zero-order chi connectivity index (χ0) is 15.6. The van der Waals surface area contributed by atoms with Gasteiger partial charge in [0.1, 0.15) is 5.75 Å². The summed E-state index contributed by atoms with van der Waals surface area (Å²) < 4.78 is 31.6. The first-order chi connectivity index (χ1) is 9.87. The van der Waals surface area contributed by atoms with Gasteiger partial charge in [-0.25, -0.2) is 8.42 Å². The van der Waals surface area contributed by atoms with Crippen LogP contribution < -0.4 is 4.74 Å². The Hall–Kier alpha value is -1.60. The Labute approximate surface area is 124 Å². The van der Waals surface area contributed by atoms with E-state index in [9.17, 15) is 18.3 Å². The molecule has 1 saturated heterocycles. The second kappa shape index (κ2) is 6.03. The zero-order valence-electron chi connectivity index (χ0n) is 12.0. The smallest absolute Gasteiger partial charge is 0.308 e. The van der Waals surface area contributed by atoms with Gasteiger partial charge in [0.2, 0.25) is 10.0 Å². The second-order valence-electron chi connectivity index (χ2n) is 5.12. The van der Waals surface area contributed by atoms with Gasteiger partial charge in [-0.2, -0.15) is 4.31 Å². The molecule has 7 heteroatoms. The number of ether oxygens (including phenoxy) is 1. The summed E-state index contributed by atoms with van der Waals surface area (Å²) >= 11 is 0. The number of sulfonamides is 1. The lowest BCUT2D eigenvalue weighted by atomic mass is 9.92. The summed E-state index contributed by atoms with van der Waals surface area (Å²) in [6, 6.07) is 5.56. The Balaban J connectivity index is 2.31. The van der Waals surface area contributed by atoms with Crippen molar-refractivity contribution < 1.29 is 23.1 Å². The van der Waals surface area contributed by atoms with E-state index in [1.807, 2.05) is 0 Å². The summed E-state index contributed by atoms with van der Waals surface area (Å²) in [7, 11) is -2.18. The van der Waals surface area contributed by atoms with E-state index in [2.05, 4.69) is 0 Å². The van der Waals surface area contributed by atoms with Gasteiger partial charge in [0.25, 0.3) is 0 Å². The number of hydrogen-bond acceptors (Lipinski definition) is 4. The molecule has 1 aliphatic rings. The lowest BCUT2D eigenvalue weighted by molar-refractivity contribution is -0.144. The quantitative estimate of drug-likeness (QED) is 0.912. The largest absolute Gasteiger partial charge is 0.497 e. The number of benzene rings is 1. The SMILES string of the molecule is COc1ccc(S(=O)(=O)N2CCC[C@H](C(=O)O)[C@@H]2C)cc1. The van der Waals surface area contributed by atoms with E-state index in [-0.39, 0.29) is 4.90 Å². The van der Waals surface area contributed by atoms with Crippen LogP contribution in [0.2, 0.25) is 0 Å². The van der Waals surface area contributed by atoms with Crippen molar-refractivity contribution in [3.8, 4) is 5.75 Å². The maximum atomic E-state index is 12.7. The topological polar surface area (TPSA) is 83.9 Å². The van der Waals surface area contributed by atoms with Crippen molar-refractivity contribution in [2.75, 3.05) is 13.7 Å². The van der Waals surface area contributed by atoms with Crippen LogP contribution in [-0.2, 0) is 14.8 Å². The second-order valence-corrected chi connectivity index (χ2v) is 7.01. The zero-order valence-corrected chi connectivity index (χ0v) is 12.8. The third-order valence-electron chi connectivity index (χ3n) is 3.91. The molecule has 1 fully saturated rings. The third-order valence-corrected chi connectivity index (χ3v) is 5.91. The fraction of sp³-hybridized carbons (Fsp3) is 0.500. The molecule has 1 heterocycles. The van der Waals surface area contributed by atoms with Gasteiger partial charge in [0.05, 0.1) is 17.9 Å². The number of rotatable bonds is 4. The van der Waals surface area contributed by atoms with E-state index in [1.165, 1.54) is 23.5 Å². The predicted octanol–water partition coefficient (Wildman–Crippen LogP) is 1.57. The summed E-state index contributed by atoms with van der Waals surface area (Å²) in [6.07, 6.45) is 1.06. The van der Waals surface area contributed by atoms with Crippen molar-refractivity contribution in [2.24, 2.45) is 5.92 Å². The maximum absolute atomic E-state index is 12.7. The van der Waals surface area contributed by atoms with Gasteiger partial charge in [-0.3, -0.25) is 4.79 Å². The van der Waals surface area contributed by atoms with E-state index < -0.39 is 28.0 Å². The number of hydrogen-bond donors (Lipinski definition) is 1. The van der Waals surface area contributed by atoms with Crippen LogP contribution in [0.3, 0.4) is 0 Å². The van der Waals surface area contributed by atoms with Gasteiger partial charge in [-0.05, 0) is 44.0 Å². The highest BCUT2D eigenvalue weighted by Gasteiger charge is 2.39. The molecule has 2 atom stereocenters. The average molecular weight is 313 g/mol. The van der Waals surface area contributed by atoms with Gasteiger partial charge in [0.15, 0.2) is 0 Å². The van der Waals surface area contributed by atoms with E-state index >= 15 is 0 Å². The molecule has 0 unspecified atom stereocenters. The van der Waals surface area contributed by atoms with Crippen molar-refractivity contribution >= 4 is 16.0 Å². The minimum absolute atomic E-state index is 0.154. The molecule has 116 valence electrons. The molecule has 0 bridgehead atoms. The lowest BCUT2D eigenvalue weighted by Gasteiger charge is -2.36. The highest BCUT2D eigenvalue weighted by molar-refractivity contribution is 7.89. The van der Waals surface area contributed by atoms with Gasteiger partial charge in [-0.15, -0.1) is 0 Å². The van der Waals surface area contributed by atoms with Gasteiger partial charge < -0.3 is 9.84 Å². The number of piperidine rings is 1. The summed E-state index contributed by atoms with van der Waals surface area (Å²) in [6.45, 7) is 2.00. The minimum Gasteiger partial charge on any atom is -0.497 e. The fourth-order valence-corrected chi connectivity index (χ4v) is 4.37. The Morgan fingerprint density at radius 3 is 2.48 bits per heavy atom. The molecule has 0 spiro atoms. The van der Waals surface area contributed by atoms with Gasteiger partial charge in [0, 0.05) is 12.6 Å². The first-order valence-electron chi connectivity index (χ1n) is 6.76. The molecule has 6 nitrogen and oxygen atoms in total. The first kappa shape index (κ1) is 15.8. The molecule has 0 aliphatic carbocycles. The molecular weight excluding hydrogens is 294 g/mol. The van der Waals surface area contributed by atoms with Crippen LogP contribution in [0.25, 0.3) is 0 Å². The molecule has 0 saturated carbocycles. The van der Waals surface area contributed by atoms with Crippen LogP contribution in [0, 0.1) is 5.92 Å². The van der Waals surface area contributed by atoms with Crippen molar-refractivity contribution in [3.63, 3.8) is 0 Å². The van der Waals surface area contributed by atoms with E-state index in [1.54, 1.807) is 19.1 Å². The number of methoxy groups -OCH3 is 1. The van der Waals surface area contributed by atoms with Crippen LogP contribution in [-0.4, -0.2) is 43.5 Å². The molecule has 0 radical (unpaired) electrons. The van der Waals surface area contributed by atoms with Crippen LogP contribution >= 0.6 is 0 Å². The van der Waals surface area contributed by atoms with Crippen molar-refractivity contribution in [3.05, 3.63) is 24.3 Å². The Morgan fingerprint density at radius 2 is 1.95 bits per heavy atom. The highest BCUT2D eigenvalue weighted by atomic mass is 32.2. The predicted molar refractivity (Wildman–Crippen MR) is 76.7 cm³/mol. The van der Waals surface area contributed by atoms with Crippen LogP contribution in [0.5, 0.6) is 5.75 Å². The normalized spacial score (nSPS) is 23.7. The molecule has 0 aromatic heterocycles. The molecular formula is C14H19NO5S. The molecule has 2 rings (SSSR count). The standard InChI is InChI=1S/C14H19NO5S/c1-10-13(14(16)17)4-3-9-15(10)21(18,19)12-7-5-11(20-2)6-8-12/h5-8,10,13H,3-4,9H2,1-2H3,(H,16,17)/t10-,13-/m0/s1. The van der Waals surface area contributed by atoms with Crippen LogP contribution in [0.4, 0.5) is 0 Å². The molecule has 1 N–H and O–H groups in total. The number of carboxylic acids is 1. The average Bonchev–Trinajstić information content (AvgIpc) is 2.47. The Bertz CT molecular complexity index is 611. The number of aliphatic carboxylic acids is 1. The van der Waals surface area contributed by atoms with Crippen molar-refractivity contribution in [1.29, 1.82) is 0 Å². The summed E-state index contributed by atoms with van der Waals surface area (Å²) in [4.78, 5) is 11.4. The van der Waals surface area contributed by atoms with Gasteiger partial charge in [-0.1, -0.05) is 0 Å². The highest BCUT2D eigenvalue weighted by Crippen LogP contribution is 2.29. The molecule has 0 amide bonds. The van der Waals surface area contributed by atoms with Crippen molar-refractivity contribution in [2.45, 2.75) is 30.7 Å². The monoisotopic (exact) mass is 313 g/mol. The number of carboxylic acid groups (broad SMARTS) is 1. The summed E-state index contributed by atoms with van der Waals surface area (Å²) in [5, 5.41) is 9.19. The molecule has 1 aliphatic heterocycles. The minimum atomic E-state index is -3.69. The van der Waals surface area contributed by atoms with E-state index in [0.29, 0.717) is 25.1 Å². The van der Waals surface area contributed by atoms with Crippen LogP contribution in [0.1, 0.15) is 19.8 Å². The van der Waals surface area contributed by atoms with Crippen LogP contribution in [0.15, 0.2) is 29.2 Å². The Morgan fingerprint density at radius 1 is 1.33 bits per heavy atom. The first-order valence-corrected chi connectivity index (χ1v) is 8.20. The summed E-state index contributed by atoms with van der Waals surface area (Å²) in [5.41, 5.74) is 0. The van der Waals surface area contributed by atoms with E-state index in [4.69, 9.17) is 4.74 Å². The Kier molecular flexibility index (Phi) is 4.53. The maximum Gasteiger partial charge on any atom is 0.308 e.